The minimum absolute atomic E-state index is 0.0571. The first kappa shape index (κ1) is 38.6. The van der Waals surface area contributed by atoms with Crippen molar-refractivity contribution in [2.75, 3.05) is 81.5 Å². The maximum Gasteiger partial charge on any atom is 0.230 e. The van der Waals surface area contributed by atoms with Crippen LogP contribution >= 0.6 is 0 Å². The summed E-state index contributed by atoms with van der Waals surface area (Å²) in [6.45, 7) is 7.80. The molecule has 0 N–H and O–H groups in total. The van der Waals surface area contributed by atoms with Gasteiger partial charge in [0.25, 0.3) is 0 Å². The Labute approximate surface area is 315 Å². The Balaban J connectivity index is 1.38. The molecule has 1 aliphatic carbocycles. The van der Waals surface area contributed by atoms with Gasteiger partial charge in [-0.1, -0.05) is 38.0 Å². The molecule has 1 saturated carbocycles. The van der Waals surface area contributed by atoms with Gasteiger partial charge in [-0.25, -0.2) is 0 Å². The quantitative estimate of drug-likeness (QED) is 0.142. The number of hydrogen-bond donors (Lipinski definition) is 0. The Morgan fingerprint density at radius 1 is 0.792 bits per heavy atom. The number of likely N-dealkylation sites (tertiary alicyclic amines) is 1. The van der Waals surface area contributed by atoms with Gasteiger partial charge >= 0.3 is 0 Å². The zero-order valence-electron chi connectivity index (χ0n) is 32.4. The molecule has 0 aromatic heterocycles. The first-order valence-electron chi connectivity index (χ1n) is 19.3. The van der Waals surface area contributed by atoms with E-state index in [0.29, 0.717) is 47.8 Å². The number of methoxy groups -OCH3 is 5. The molecule has 10 heteroatoms. The van der Waals surface area contributed by atoms with Crippen LogP contribution in [0, 0.1) is 5.92 Å². The van der Waals surface area contributed by atoms with Gasteiger partial charge < -0.3 is 38.1 Å². The number of nitrogens with zero attached hydrogens (tertiary/aromatic N) is 2. The number of amides is 1. The van der Waals surface area contributed by atoms with Crippen molar-refractivity contribution in [3.63, 3.8) is 0 Å². The number of carbonyl (C=O) groups is 1. The lowest BCUT2D eigenvalue weighted by Gasteiger charge is -2.47. The van der Waals surface area contributed by atoms with Crippen molar-refractivity contribution in [2.24, 2.45) is 5.92 Å². The highest BCUT2D eigenvalue weighted by atomic mass is 16.5. The van der Waals surface area contributed by atoms with Gasteiger partial charge in [-0.2, -0.15) is 0 Å². The lowest BCUT2D eigenvalue weighted by molar-refractivity contribution is -0.138. The van der Waals surface area contributed by atoms with E-state index in [2.05, 4.69) is 47.1 Å². The Hall–Kier alpha value is -4.15. The zero-order valence-corrected chi connectivity index (χ0v) is 32.4. The van der Waals surface area contributed by atoms with Crippen LogP contribution in [0.25, 0.3) is 0 Å². The predicted octanol–water partition coefficient (Wildman–Crippen LogP) is 7.29. The van der Waals surface area contributed by atoms with Crippen LogP contribution in [0.5, 0.6) is 34.5 Å². The van der Waals surface area contributed by atoms with Gasteiger partial charge in [0.15, 0.2) is 23.0 Å². The van der Waals surface area contributed by atoms with Crippen LogP contribution in [0.3, 0.4) is 0 Å². The first-order valence-corrected chi connectivity index (χ1v) is 19.3. The summed E-state index contributed by atoms with van der Waals surface area (Å²) in [6, 6.07) is 18.6. The van der Waals surface area contributed by atoms with Crippen LogP contribution in [0.4, 0.5) is 0 Å². The fourth-order valence-corrected chi connectivity index (χ4v) is 8.42. The van der Waals surface area contributed by atoms with Gasteiger partial charge in [0.05, 0.1) is 54.7 Å². The maximum absolute atomic E-state index is 15.4. The number of hydrogen-bond acceptors (Lipinski definition) is 9. The van der Waals surface area contributed by atoms with Gasteiger partial charge in [0.1, 0.15) is 12.4 Å². The predicted molar refractivity (Wildman–Crippen MR) is 205 cm³/mol. The van der Waals surface area contributed by atoms with Crippen molar-refractivity contribution < 1.29 is 38.0 Å². The summed E-state index contributed by atoms with van der Waals surface area (Å²) < 4.78 is 40.5. The summed E-state index contributed by atoms with van der Waals surface area (Å²) in [7, 11) is 8.19. The summed E-state index contributed by atoms with van der Waals surface area (Å²) in [5.74, 6) is 4.34. The van der Waals surface area contributed by atoms with E-state index < -0.39 is 0 Å². The third-order valence-corrected chi connectivity index (χ3v) is 11.4. The number of ether oxygens (including phenoxy) is 7. The average Bonchev–Trinajstić information content (AvgIpc) is 4.04. The Bertz CT molecular complexity index is 1630. The van der Waals surface area contributed by atoms with Crippen LogP contribution in [0.1, 0.15) is 79.9 Å². The van der Waals surface area contributed by atoms with Gasteiger partial charge in [0.2, 0.25) is 11.7 Å². The van der Waals surface area contributed by atoms with E-state index in [-0.39, 0.29) is 29.7 Å². The van der Waals surface area contributed by atoms with Gasteiger partial charge in [0, 0.05) is 44.1 Å². The van der Waals surface area contributed by atoms with Crippen LogP contribution in [0.2, 0.25) is 0 Å². The van der Waals surface area contributed by atoms with Crippen LogP contribution in [-0.4, -0.2) is 103 Å². The van der Waals surface area contributed by atoms with Crippen LogP contribution in [0.15, 0.2) is 54.6 Å². The van der Waals surface area contributed by atoms with Gasteiger partial charge in [-0.3, -0.25) is 9.69 Å². The fourth-order valence-electron chi connectivity index (χ4n) is 8.42. The second-order valence-electron chi connectivity index (χ2n) is 14.5. The second-order valence-corrected chi connectivity index (χ2v) is 14.5. The van der Waals surface area contributed by atoms with E-state index in [9.17, 15) is 0 Å². The van der Waals surface area contributed by atoms with E-state index in [1.165, 1.54) is 5.56 Å². The summed E-state index contributed by atoms with van der Waals surface area (Å²) in [4.78, 5) is 20.0. The number of carbonyl (C=O) groups excluding carboxylic acids is 1. The van der Waals surface area contributed by atoms with E-state index in [1.807, 2.05) is 24.3 Å². The van der Waals surface area contributed by atoms with E-state index in [0.717, 1.165) is 88.2 Å². The summed E-state index contributed by atoms with van der Waals surface area (Å²) in [6.07, 6.45) is 5.77. The molecule has 0 spiro atoms. The molecule has 4 atom stereocenters. The molecular weight excluding hydrogens is 672 g/mol. The lowest BCUT2D eigenvalue weighted by atomic mass is 9.73. The molecule has 0 radical (unpaired) electrons. The molecule has 2 heterocycles. The SMILES string of the molecule is CCC(c1cccc(OCCN2CCOCC2)c1)C1C(c2ccc(OC)c(OC)c2)CCCN1C(=O)C(CC1CC1)c1cc(OC)c(OC)c(OC)c1. The van der Waals surface area contributed by atoms with E-state index in [4.69, 9.17) is 33.2 Å². The molecule has 6 rings (SSSR count). The largest absolute Gasteiger partial charge is 0.493 e. The molecular formula is C43H58N2O8. The molecule has 288 valence electrons. The van der Waals surface area contributed by atoms with Crippen LogP contribution < -0.4 is 28.4 Å². The third kappa shape index (κ3) is 8.98. The van der Waals surface area contributed by atoms with Crippen molar-refractivity contribution in [1.82, 2.24) is 9.80 Å². The van der Waals surface area contributed by atoms with E-state index in [1.54, 1.807) is 35.5 Å². The zero-order chi connectivity index (χ0) is 37.3. The molecule has 0 bridgehead atoms. The highest BCUT2D eigenvalue weighted by Crippen LogP contribution is 2.48. The summed E-state index contributed by atoms with van der Waals surface area (Å²) >= 11 is 0. The smallest absolute Gasteiger partial charge is 0.230 e. The standard InChI is InChI=1S/C43H58N2O8/c1-7-34(30-10-8-11-33(25-30)53-23-20-44-18-21-52-22-19-44)41-35(31-15-16-37(47-2)38(26-31)48-3)12-9-17-45(41)43(46)36(24-29-13-14-29)32-27-39(49-4)42(51-6)40(28-32)50-5/h8,10-11,15-16,25-29,34-36,41H,7,9,12-14,17-24H2,1-6H3. The van der Waals surface area contributed by atoms with Crippen molar-refractivity contribution in [2.45, 2.75) is 69.2 Å². The molecule has 2 saturated heterocycles. The van der Waals surface area contributed by atoms with Gasteiger partial charge in [-0.15, -0.1) is 0 Å². The summed E-state index contributed by atoms with van der Waals surface area (Å²) in [5, 5.41) is 0. The minimum Gasteiger partial charge on any atom is -0.493 e. The fraction of sp³-hybridized carbons (Fsp3) is 0.558. The van der Waals surface area contributed by atoms with Crippen molar-refractivity contribution >= 4 is 5.91 Å². The molecule has 3 aliphatic rings. The maximum atomic E-state index is 15.4. The molecule has 3 fully saturated rings. The van der Waals surface area contributed by atoms with Gasteiger partial charge in [-0.05, 0) is 84.7 Å². The highest BCUT2D eigenvalue weighted by Gasteiger charge is 2.44. The van der Waals surface area contributed by atoms with E-state index >= 15 is 4.79 Å². The number of benzene rings is 3. The molecule has 4 unspecified atom stereocenters. The molecule has 3 aromatic carbocycles. The Kier molecular flexibility index (Phi) is 13.3. The van der Waals surface area contributed by atoms with Crippen molar-refractivity contribution in [1.29, 1.82) is 0 Å². The number of rotatable bonds is 17. The van der Waals surface area contributed by atoms with Crippen molar-refractivity contribution in [3.05, 3.63) is 71.3 Å². The first-order chi connectivity index (χ1) is 25.9. The Morgan fingerprint density at radius 3 is 2.15 bits per heavy atom. The normalized spacial score (nSPS) is 20.3. The monoisotopic (exact) mass is 730 g/mol. The second kappa shape index (κ2) is 18.3. The number of morpholine rings is 1. The number of piperidine rings is 1. The average molecular weight is 731 g/mol. The highest BCUT2D eigenvalue weighted by molar-refractivity contribution is 5.85. The molecule has 53 heavy (non-hydrogen) atoms. The molecule has 10 nitrogen and oxygen atoms in total. The Morgan fingerprint density at radius 2 is 1.51 bits per heavy atom. The summed E-state index contributed by atoms with van der Waals surface area (Å²) in [5.41, 5.74) is 3.22. The van der Waals surface area contributed by atoms with Crippen LogP contribution in [-0.2, 0) is 9.53 Å². The van der Waals surface area contributed by atoms with Crippen molar-refractivity contribution in [3.8, 4) is 34.5 Å². The molecule has 1 amide bonds. The molecule has 2 aliphatic heterocycles. The topological polar surface area (TPSA) is 88.2 Å². The molecule has 3 aromatic rings. The third-order valence-electron chi connectivity index (χ3n) is 11.4. The lowest BCUT2D eigenvalue weighted by Crippen LogP contribution is -2.52. The minimum atomic E-state index is -0.352.